The molecule has 7 N–H and O–H groups in total. The predicted molar refractivity (Wildman–Crippen MR) is 299 cm³/mol. The molecule has 0 atom stereocenters. The summed E-state index contributed by atoms with van der Waals surface area (Å²) in [6, 6.07) is 14.2. The summed E-state index contributed by atoms with van der Waals surface area (Å²) in [5, 5.41) is 57.7. The highest BCUT2D eigenvalue weighted by molar-refractivity contribution is 7.99. The highest BCUT2D eigenvalue weighted by Crippen LogP contribution is 2.45. The van der Waals surface area contributed by atoms with Crippen molar-refractivity contribution in [1.82, 2.24) is 14.4 Å². The number of nitriles is 1. The summed E-state index contributed by atoms with van der Waals surface area (Å²) < 4.78 is 200. The van der Waals surface area contributed by atoms with Crippen LogP contribution < -0.4 is 4.74 Å². The van der Waals surface area contributed by atoms with Crippen molar-refractivity contribution < 1.29 is 92.4 Å². The van der Waals surface area contributed by atoms with Gasteiger partial charge < -0.3 is 14.9 Å². The second-order valence-corrected chi connectivity index (χ2v) is 27.4. The fourth-order valence-electron chi connectivity index (χ4n) is 7.79. The number of ether oxygens (including phenoxy) is 1. The van der Waals surface area contributed by atoms with Gasteiger partial charge in [-0.2, -0.15) is 52.5 Å². The van der Waals surface area contributed by atoms with E-state index in [2.05, 4.69) is 40.7 Å². The Balaban J connectivity index is 0.00000245. The molecule has 0 saturated heterocycles. The van der Waals surface area contributed by atoms with E-state index in [1.54, 1.807) is 6.92 Å². The van der Waals surface area contributed by atoms with Crippen LogP contribution in [0, 0.1) is 25.2 Å². The molecule has 40 heteroatoms. The lowest BCUT2D eigenvalue weighted by molar-refractivity contribution is 0.282. The molecule has 0 saturated carbocycles. The summed E-state index contributed by atoms with van der Waals surface area (Å²) in [6.45, 7) is 1.93. The number of benzene rings is 5. The Morgan fingerprint density at radius 1 is 0.738 bits per heavy atom. The third-order valence-electron chi connectivity index (χ3n) is 11.4. The molecule has 0 bridgehead atoms. The highest BCUT2D eigenvalue weighted by Gasteiger charge is 2.28. The molecule has 0 amide bonds. The van der Waals surface area contributed by atoms with E-state index in [0.717, 1.165) is 51.8 Å². The Morgan fingerprint density at radius 3 is 2.00 bits per heavy atom. The Bertz CT molecular complexity index is 4900. The number of aliphatic hydroxyl groups is 1. The maximum absolute atomic E-state index is 12.5. The molecule has 444 valence electrons. The monoisotopic (exact) mass is 1330 g/mol. The van der Waals surface area contributed by atoms with Crippen LogP contribution in [0.5, 0.6) is 11.6 Å². The molecule has 0 spiro atoms. The molecule has 3 aromatic heterocycles. The average molecular weight is 1330 g/mol. The van der Waals surface area contributed by atoms with E-state index < -0.39 is 105 Å². The van der Waals surface area contributed by atoms with Crippen LogP contribution in [0.25, 0.3) is 37.7 Å². The number of halogens is 1. The van der Waals surface area contributed by atoms with Crippen LogP contribution in [0.1, 0.15) is 35.1 Å². The number of hydrogen-bond donors (Lipinski definition) is 7. The van der Waals surface area contributed by atoms with Crippen LogP contribution in [-0.2, 0) is 67.8 Å². The van der Waals surface area contributed by atoms with Crippen molar-refractivity contribution in [2.75, 3.05) is 23.9 Å². The quantitative estimate of drug-likeness (QED) is 0.0162. The number of aromatic hydroxyl groups is 1. The zero-order valence-electron chi connectivity index (χ0n) is 42.2. The molecule has 0 aliphatic heterocycles. The average Bonchev–Trinajstić information content (AvgIpc) is 2.09. The number of aryl methyl sites for hydroxylation is 1. The third kappa shape index (κ3) is 15.2. The molecule has 0 aliphatic carbocycles. The molecular formula is C44H37ClN10O21S8. The number of thiazole rings is 1. The van der Waals surface area contributed by atoms with Crippen molar-refractivity contribution in [2.45, 2.75) is 52.9 Å². The summed E-state index contributed by atoms with van der Waals surface area (Å²) in [5.41, 5.74) is -0.986. The van der Waals surface area contributed by atoms with Crippen molar-refractivity contribution in [3.05, 3.63) is 87.9 Å². The third-order valence-corrected chi connectivity index (χ3v) is 18.2. The first-order chi connectivity index (χ1) is 39.1. The molecule has 0 radical (unpaired) electrons. The maximum atomic E-state index is 12.5. The summed E-state index contributed by atoms with van der Waals surface area (Å²) in [5.74, 6) is -2.04. The van der Waals surface area contributed by atoms with Crippen LogP contribution in [0.2, 0.25) is 5.02 Å². The van der Waals surface area contributed by atoms with Crippen molar-refractivity contribution >= 4 is 167 Å². The number of fused-ring (bicyclic) bond motifs is 6. The lowest BCUT2D eigenvalue weighted by Gasteiger charge is -2.12. The van der Waals surface area contributed by atoms with Crippen LogP contribution in [0.15, 0.2) is 111 Å². The zero-order chi connectivity index (χ0) is 62.0. The number of pyridine rings is 1. The van der Waals surface area contributed by atoms with Crippen molar-refractivity contribution in [1.29, 1.82) is 5.26 Å². The normalized spacial score (nSPS) is 12.8. The molecule has 31 nitrogen and oxygen atoms in total. The molecular weight excluding hydrogens is 1300 g/mol. The number of aromatic nitrogens is 3. The minimum atomic E-state index is -4.97. The number of aliphatic hydroxyl groups excluding tert-OH is 1. The smallest absolute Gasteiger partial charge is 0.425 e. The van der Waals surface area contributed by atoms with Gasteiger partial charge in [-0.1, -0.05) is 29.0 Å². The summed E-state index contributed by atoms with van der Waals surface area (Å²) in [7, 11) is -26.5. The van der Waals surface area contributed by atoms with E-state index in [1.165, 1.54) is 43.3 Å². The number of imidazole rings is 1. The van der Waals surface area contributed by atoms with E-state index in [-0.39, 0.29) is 124 Å². The Labute approximate surface area is 488 Å². The Morgan fingerprint density at radius 2 is 1.38 bits per heavy atom. The Hall–Kier alpha value is -7.14. The summed E-state index contributed by atoms with van der Waals surface area (Å²) in [6.07, 6.45) is -0.288. The van der Waals surface area contributed by atoms with E-state index in [0.29, 0.717) is 5.56 Å². The SMILES string of the molecule is Cc1cc(N=Nc2c(C)c(C#N)c3nc4c(S(=O)(=O)O)c(Cl)ccc4n3c2O)c(OCCCS(=O)(=O)O)cc1N=Nc1cc(CO)c(N=Nc2nc3c(S(=O)(=O)O)cc4ccc(S(=O)(=O)O)cc4c3s2)cc1SCCCS(=O)(=O)O.O=S(=O)=O. The van der Waals surface area contributed by atoms with Crippen molar-refractivity contribution in [3.8, 4) is 17.7 Å². The lowest BCUT2D eigenvalue weighted by Crippen LogP contribution is -2.08. The topological polar surface area (TPSA) is 501 Å². The molecule has 8 rings (SSSR count). The van der Waals surface area contributed by atoms with Crippen LogP contribution in [-0.4, -0.2) is 126 Å². The van der Waals surface area contributed by atoms with E-state index >= 15 is 0 Å². The van der Waals surface area contributed by atoms with E-state index in [1.807, 2.05) is 6.07 Å². The predicted octanol–water partition coefficient (Wildman–Crippen LogP) is 8.60. The lowest BCUT2D eigenvalue weighted by atomic mass is 10.1. The van der Waals surface area contributed by atoms with Gasteiger partial charge in [0.1, 0.15) is 43.9 Å². The number of thioether (sulfide) groups is 1. The van der Waals surface area contributed by atoms with Gasteiger partial charge in [0.15, 0.2) is 11.3 Å². The molecule has 8 aromatic rings. The fourth-order valence-corrected chi connectivity index (χ4v) is 13.3. The first-order valence-corrected chi connectivity index (χ1v) is 33.5. The second-order valence-electron chi connectivity index (χ2n) is 17.1. The van der Waals surface area contributed by atoms with Gasteiger partial charge in [0.25, 0.3) is 50.6 Å². The first kappa shape index (κ1) is 64.4. The molecule has 0 unspecified atom stereocenters. The maximum Gasteiger partial charge on any atom is 0.425 e. The number of hydrogen-bond acceptors (Lipinski definition) is 27. The molecule has 0 fully saturated rings. The largest absolute Gasteiger partial charge is 0.493 e. The van der Waals surface area contributed by atoms with Gasteiger partial charge in [-0.15, -0.1) is 50.0 Å². The highest BCUT2D eigenvalue weighted by atomic mass is 35.5. The second kappa shape index (κ2) is 25.2. The fraction of sp³-hybridized carbons (Fsp3) is 0.205. The van der Waals surface area contributed by atoms with Gasteiger partial charge in [0.2, 0.25) is 11.0 Å². The number of azo groups is 3. The van der Waals surface area contributed by atoms with Crippen molar-refractivity contribution in [2.24, 2.45) is 30.7 Å². The molecule has 84 heavy (non-hydrogen) atoms. The molecule has 3 heterocycles. The summed E-state index contributed by atoms with van der Waals surface area (Å²) >= 11 is 7.88. The molecule has 0 aliphatic rings. The zero-order valence-corrected chi connectivity index (χ0v) is 49.5. The molecule has 5 aromatic carbocycles. The summed E-state index contributed by atoms with van der Waals surface area (Å²) in [4.78, 5) is 6.74. The van der Waals surface area contributed by atoms with Crippen LogP contribution in [0.4, 0.5) is 33.6 Å². The van der Waals surface area contributed by atoms with Gasteiger partial charge in [0.05, 0.1) is 61.9 Å². The standard InChI is InChI=1S/C44H37ClN10O18S7.O3S/c1-21-13-31(51-53-37-22(2)27(19-46)42-47-38-33(55(42)43(37)57)8-7-28(45)41(38)80(70,71)72)34(73-9-3-11-76(58,59)60)17-29(21)49-52-32-14-24(20-56)30(18-35(32)74-10-4-12-77(61,62)63)50-54-44-48-39-36(79(67,68)69)15-23-5-6-25(78(64,65)66)16-26(23)40(39)75-44;1-4(2)3/h5-8,13-18,56-57H,3-4,9-12,20H2,1-2H3,(H,58,59,60)(H,61,62,63)(H,64,65,66)(H,67,68,69)(H,70,71,72);. The Kier molecular flexibility index (Phi) is 19.3. The van der Waals surface area contributed by atoms with Gasteiger partial charge >= 0.3 is 10.6 Å². The first-order valence-electron chi connectivity index (χ1n) is 22.8. The van der Waals surface area contributed by atoms with Gasteiger partial charge in [-0.05, 0) is 91.9 Å². The van der Waals surface area contributed by atoms with E-state index in [9.17, 15) is 80.3 Å². The van der Waals surface area contributed by atoms with Crippen molar-refractivity contribution in [3.63, 3.8) is 0 Å². The minimum Gasteiger partial charge on any atom is -0.493 e. The van der Waals surface area contributed by atoms with Gasteiger partial charge in [-0.25, -0.2) is 9.97 Å². The van der Waals surface area contributed by atoms with Crippen LogP contribution in [0.3, 0.4) is 0 Å². The van der Waals surface area contributed by atoms with Crippen LogP contribution >= 0.6 is 34.7 Å². The number of nitrogens with zero attached hydrogens (tertiary/aromatic N) is 10. The van der Waals surface area contributed by atoms with Gasteiger partial charge in [-0.3, -0.25) is 27.2 Å². The number of rotatable bonds is 20. The van der Waals surface area contributed by atoms with Gasteiger partial charge in [0, 0.05) is 27.5 Å². The minimum absolute atomic E-state index is 0.0150. The van der Waals surface area contributed by atoms with E-state index in [4.69, 9.17) is 29.0 Å².